The molecule has 2 aliphatic heterocycles. The Balaban J connectivity index is 1.38. The monoisotopic (exact) mass is 558 g/mol. The predicted octanol–water partition coefficient (Wildman–Crippen LogP) is 1.20. The molecule has 2 heterocycles. The summed E-state index contributed by atoms with van der Waals surface area (Å²) in [4.78, 5) is 28.1. The summed E-state index contributed by atoms with van der Waals surface area (Å²) in [6.07, 6.45) is 0.473. The molecule has 11 heteroatoms. The van der Waals surface area contributed by atoms with Crippen LogP contribution in [0.1, 0.15) is 31.2 Å². The molecule has 2 aromatic rings. The third-order valence-electron chi connectivity index (χ3n) is 7.74. The maximum Gasteiger partial charge on any atom is 0.242 e. The number of nitrogens with one attached hydrogen (secondary N) is 3. The Bertz CT molecular complexity index is 1210. The summed E-state index contributed by atoms with van der Waals surface area (Å²) in [7, 11) is -2.72. The van der Waals surface area contributed by atoms with Gasteiger partial charge in [0.15, 0.2) is 20.9 Å². The van der Waals surface area contributed by atoms with Gasteiger partial charge in [0.1, 0.15) is 0 Å². The molecule has 2 saturated heterocycles. The molecular formula is C28H38N4O6S. The first-order valence-electron chi connectivity index (χ1n) is 13.4. The molecule has 39 heavy (non-hydrogen) atoms. The summed E-state index contributed by atoms with van der Waals surface area (Å²) in [6.45, 7) is 2.49. The quantitative estimate of drug-likeness (QED) is 0.319. The summed E-state index contributed by atoms with van der Waals surface area (Å²) in [5, 5.41) is 18.4. The third-order valence-corrected chi connectivity index (χ3v) is 10.3. The molecule has 0 saturated carbocycles. The molecular weight excluding hydrogens is 520 g/mol. The Kier molecular flexibility index (Phi) is 9.60. The number of piperidine rings is 2. The summed E-state index contributed by atoms with van der Waals surface area (Å²) in [6, 6.07) is 16.5. The lowest BCUT2D eigenvalue weighted by molar-refractivity contribution is -0.128. The largest absolute Gasteiger partial charge is 0.371 e. The van der Waals surface area contributed by atoms with Gasteiger partial charge < -0.3 is 30.7 Å². The van der Waals surface area contributed by atoms with E-state index in [-0.39, 0.29) is 36.1 Å². The smallest absolute Gasteiger partial charge is 0.242 e. The topological polar surface area (TPSA) is 137 Å². The van der Waals surface area contributed by atoms with E-state index in [4.69, 9.17) is 4.74 Å². The van der Waals surface area contributed by atoms with E-state index in [0.717, 1.165) is 11.3 Å². The summed E-state index contributed by atoms with van der Waals surface area (Å²) in [5.74, 6) is -0.625. The maximum absolute atomic E-state index is 13.8. The fraction of sp³-hybridized carbons (Fsp3) is 0.500. The fourth-order valence-electron chi connectivity index (χ4n) is 5.26. The minimum Gasteiger partial charge on any atom is -0.371 e. The van der Waals surface area contributed by atoms with Gasteiger partial charge in [-0.1, -0.05) is 30.3 Å². The average Bonchev–Trinajstić information content (AvgIpc) is 2.99. The van der Waals surface area contributed by atoms with Crippen LogP contribution in [0.3, 0.4) is 0 Å². The Hall–Kier alpha value is -2.99. The molecule has 4 N–H and O–H groups in total. The van der Waals surface area contributed by atoms with Gasteiger partial charge in [-0.05, 0) is 68.6 Å². The van der Waals surface area contributed by atoms with Gasteiger partial charge in [0.2, 0.25) is 11.8 Å². The van der Waals surface area contributed by atoms with Gasteiger partial charge >= 0.3 is 0 Å². The fourth-order valence-corrected chi connectivity index (χ4v) is 7.27. The van der Waals surface area contributed by atoms with Crippen molar-refractivity contribution in [3.05, 3.63) is 60.2 Å². The van der Waals surface area contributed by atoms with Crippen LogP contribution in [0.15, 0.2) is 59.5 Å². The van der Waals surface area contributed by atoms with Crippen molar-refractivity contribution in [3.8, 4) is 0 Å². The highest BCUT2D eigenvalue weighted by Crippen LogP contribution is 2.35. The summed E-state index contributed by atoms with van der Waals surface area (Å²) < 4.78 is 30.7. The zero-order valence-electron chi connectivity index (χ0n) is 22.3. The van der Waals surface area contributed by atoms with Crippen molar-refractivity contribution < 1.29 is 27.9 Å². The van der Waals surface area contributed by atoms with Gasteiger partial charge in [0.05, 0.1) is 11.4 Å². The molecule has 2 fully saturated rings. The molecule has 0 spiro atoms. The molecule has 0 aromatic heterocycles. The van der Waals surface area contributed by atoms with Gasteiger partial charge in [-0.15, -0.1) is 0 Å². The van der Waals surface area contributed by atoms with Gasteiger partial charge in [-0.25, -0.2) is 8.42 Å². The second-order valence-electron chi connectivity index (χ2n) is 10.1. The number of carbonyl (C=O) groups is 2. The second kappa shape index (κ2) is 12.9. The van der Waals surface area contributed by atoms with Crippen molar-refractivity contribution in [3.63, 3.8) is 0 Å². The number of ether oxygens (including phenoxy) is 1. The lowest BCUT2D eigenvalue weighted by Crippen LogP contribution is -2.58. The van der Waals surface area contributed by atoms with Crippen LogP contribution in [0.4, 0.5) is 5.69 Å². The van der Waals surface area contributed by atoms with Crippen LogP contribution in [0.2, 0.25) is 0 Å². The number of nitrogens with zero attached hydrogens (tertiary/aromatic N) is 1. The Morgan fingerprint density at radius 3 is 2.31 bits per heavy atom. The first-order valence-corrected chi connectivity index (χ1v) is 14.9. The number of rotatable bonds is 10. The highest BCUT2D eigenvalue weighted by molar-refractivity contribution is 7.93. The van der Waals surface area contributed by atoms with Gasteiger partial charge in [0, 0.05) is 38.3 Å². The highest BCUT2D eigenvalue weighted by Gasteiger charge is 2.51. The maximum atomic E-state index is 13.8. The zero-order chi connectivity index (χ0) is 27.9. The standard InChI is InChI=1S/C28H38N4O6S/c1-38-25(33)20-31-27(35)28(13-15-29-16-14-28)39(36,37)24-9-7-23(8-10-24)32-17-11-22(12-18-32)26(34)30-19-21-5-3-2-4-6-21/h2-10,22,25,29,33H,11-20H2,1H3,(H,30,34)(H,31,35). The Morgan fingerprint density at radius 1 is 1.05 bits per heavy atom. The van der Waals surface area contributed by atoms with Crippen LogP contribution >= 0.6 is 0 Å². The molecule has 10 nitrogen and oxygen atoms in total. The van der Waals surface area contributed by atoms with E-state index in [0.29, 0.717) is 45.6 Å². The van der Waals surface area contributed by atoms with E-state index in [1.54, 1.807) is 24.3 Å². The van der Waals surface area contributed by atoms with Gasteiger partial charge in [-0.3, -0.25) is 9.59 Å². The molecule has 2 aliphatic rings. The highest BCUT2D eigenvalue weighted by atomic mass is 32.2. The number of hydrogen-bond donors (Lipinski definition) is 4. The van der Waals surface area contributed by atoms with Crippen molar-refractivity contribution in [2.45, 2.75) is 48.2 Å². The molecule has 212 valence electrons. The molecule has 2 amide bonds. The van der Waals surface area contributed by atoms with Crippen molar-refractivity contribution in [1.29, 1.82) is 0 Å². The number of carbonyl (C=O) groups excluding carboxylic acids is 2. The SMILES string of the molecule is COC(O)CNC(=O)C1(S(=O)(=O)c2ccc(N3CCC(C(=O)NCc4ccccc4)CC3)cc2)CCNCC1. The van der Waals surface area contributed by atoms with Crippen LogP contribution in [-0.4, -0.2) is 76.2 Å². The van der Waals surface area contributed by atoms with Crippen LogP contribution in [-0.2, 0) is 30.7 Å². The van der Waals surface area contributed by atoms with Crippen molar-refractivity contribution >= 4 is 27.3 Å². The zero-order valence-corrected chi connectivity index (χ0v) is 23.1. The summed E-state index contributed by atoms with van der Waals surface area (Å²) in [5.41, 5.74) is 1.94. The molecule has 4 rings (SSSR count). The minimum absolute atomic E-state index is 0.0560. The summed E-state index contributed by atoms with van der Waals surface area (Å²) >= 11 is 0. The molecule has 0 radical (unpaired) electrons. The number of anilines is 1. The third kappa shape index (κ3) is 6.60. The number of aliphatic hydroxyl groups is 1. The van der Waals surface area contributed by atoms with Crippen LogP contribution in [0.5, 0.6) is 0 Å². The Morgan fingerprint density at radius 2 is 1.69 bits per heavy atom. The average molecular weight is 559 g/mol. The molecule has 0 aliphatic carbocycles. The van der Waals surface area contributed by atoms with Crippen LogP contribution in [0.25, 0.3) is 0 Å². The number of aliphatic hydroxyl groups excluding tert-OH is 1. The van der Waals surface area contributed by atoms with E-state index in [9.17, 15) is 23.1 Å². The lowest BCUT2D eigenvalue weighted by Gasteiger charge is -2.36. The van der Waals surface area contributed by atoms with Crippen molar-refractivity contribution in [2.24, 2.45) is 5.92 Å². The van der Waals surface area contributed by atoms with Crippen molar-refractivity contribution in [1.82, 2.24) is 16.0 Å². The van der Waals surface area contributed by atoms with Crippen molar-refractivity contribution in [2.75, 3.05) is 44.7 Å². The number of amides is 2. The first kappa shape index (κ1) is 29.0. The van der Waals surface area contributed by atoms with E-state index in [2.05, 4.69) is 20.9 Å². The Labute approximate surface area is 230 Å². The van der Waals surface area contributed by atoms with Gasteiger partial charge in [0.25, 0.3) is 0 Å². The van der Waals surface area contributed by atoms with E-state index >= 15 is 0 Å². The molecule has 2 aromatic carbocycles. The van der Waals surface area contributed by atoms with Crippen LogP contribution < -0.4 is 20.9 Å². The predicted molar refractivity (Wildman–Crippen MR) is 148 cm³/mol. The van der Waals surface area contributed by atoms with Crippen LogP contribution in [0, 0.1) is 5.92 Å². The number of benzene rings is 2. The number of sulfone groups is 1. The van der Waals surface area contributed by atoms with E-state index in [1.165, 1.54) is 7.11 Å². The minimum atomic E-state index is -4.02. The second-order valence-corrected chi connectivity index (χ2v) is 12.4. The normalized spacial score (nSPS) is 18.8. The lowest BCUT2D eigenvalue weighted by atomic mass is 9.95. The van der Waals surface area contributed by atoms with E-state index in [1.807, 2.05) is 30.3 Å². The molecule has 0 bridgehead atoms. The number of hydrogen-bond acceptors (Lipinski definition) is 8. The van der Waals surface area contributed by atoms with Gasteiger partial charge in [-0.2, -0.15) is 0 Å². The van der Waals surface area contributed by atoms with E-state index < -0.39 is 26.8 Å². The molecule has 1 atom stereocenters. The first-order chi connectivity index (χ1) is 18.8. The number of methoxy groups -OCH3 is 1. The molecule has 1 unspecified atom stereocenters.